The van der Waals surface area contributed by atoms with Crippen molar-refractivity contribution in [2.45, 2.75) is 20.0 Å². The Morgan fingerprint density at radius 2 is 1.95 bits per heavy atom. The zero-order chi connectivity index (χ0) is 15.9. The van der Waals surface area contributed by atoms with Gasteiger partial charge in [-0.15, -0.1) is 0 Å². The zero-order valence-electron chi connectivity index (χ0n) is 13.5. The molecule has 1 saturated heterocycles. The van der Waals surface area contributed by atoms with E-state index in [1.807, 2.05) is 47.9 Å². The number of aliphatic hydroxyl groups excluding tert-OH is 1. The third-order valence-electron chi connectivity index (χ3n) is 4.06. The van der Waals surface area contributed by atoms with Crippen LogP contribution in [-0.2, 0) is 9.53 Å². The largest absolute Gasteiger partial charge is 0.387 e. The lowest BCUT2D eigenvalue weighted by molar-refractivity contribution is -0.136. The normalized spacial score (nSPS) is 16.8. The van der Waals surface area contributed by atoms with E-state index in [-0.39, 0.29) is 5.91 Å². The molecule has 2 rings (SSSR count). The molecule has 0 saturated carbocycles. The van der Waals surface area contributed by atoms with Gasteiger partial charge in [0.15, 0.2) is 0 Å². The summed E-state index contributed by atoms with van der Waals surface area (Å²) in [7, 11) is 0. The van der Waals surface area contributed by atoms with Gasteiger partial charge in [0.05, 0.1) is 25.9 Å². The average molecular weight is 306 g/mol. The third kappa shape index (κ3) is 4.80. The monoisotopic (exact) mass is 306 g/mol. The fourth-order valence-electron chi connectivity index (χ4n) is 2.55. The Balaban J connectivity index is 1.88. The van der Waals surface area contributed by atoms with Crippen LogP contribution in [0, 0.1) is 6.92 Å². The lowest BCUT2D eigenvalue weighted by Gasteiger charge is -2.30. The van der Waals surface area contributed by atoms with Crippen LogP contribution >= 0.6 is 0 Å². The van der Waals surface area contributed by atoms with Crippen molar-refractivity contribution in [3.8, 4) is 0 Å². The van der Waals surface area contributed by atoms with Crippen LogP contribution in [0.25, 0.3) is 0 Å². The van der Waals surface area contributed by atoms with E-state index in [4.69, 9.17) is 4.74 Å². The van der Waals surface area contributed by atoms with Gasteiger partial charge in [-0.2, -0.15) is 0 Å². The molecule has 22 heavy (non-hydrogen) atoms. The van der Waals surface area contributed by atoms with Crippen LogP contribution in [0.5, 0.6) is 0 Å². The summed E-state index contributed by atoms with van der Waals surface area (Å²) in [5.41, 5.74) is 2.06. The fourth-order valence-corrected chi connectivity index (χ4v) is 2.55. The minimum absolute atomic E-state index is 0.112. The summed E-state index contributed by atoms with van der Waals surface area (Å²) < 4.78 is 5.27. The molecule has 5 heteroatoms. The van der Waals surface area contributed by atoms with Crippen molar-refractivity contribution in [1.82, 2.24) is 9.80 Å². The maximum absolute atomic E-state index is 12.3. The van der Waals surface area contributed by atoms with Gasteiger partial charge >= 0.3 is 0 Å². The number of carbonyl (C=O) groups excluding carboxylic acids is 1. The molecule has 0 bridgehead atoms. The molecule has 1 N–H and O–H groups in total. The highest BCUT2D eigenvalue weighted by molar-refractivity contribution is 5.78. The number of rotatable bonds is 6. The lowest BCUT2D eigenvalue weighted by atomic mass is 10.1. The van der Waals surface area contributed by atoms with Crippen LogP contribution in [0.2, 0.25) is 0 Å². The molecule has 0 radical (unpaired) electrons. The number of benzene rings is 1. The first-order chi connectivity index (χ1) is 10.6. The number of likely N-dealkylation sites (N-methyl/N-ethyl adjacent to an activating group) is 1. The predicted molar refractivity (Wildman–Crippen MR) is 85.7 cm³/mol. The molecular weight excluding hydrogens is 280 g/mol. The van der Waals surface area contributed by atoms with Crippen molar-refractivity contribution in [3.63, 3.8) is 0 Å². The van der Waals surface area contributed by atoms with Crippen LogP contribution in [0.4, 0.5) is 0 Å². The molecule has 122 valence electrons. The van der Waals surface area contributed by atoms with Crippen molar-refractivity contribution in [3.05, 3.63) is 35.4 Å². The van der Waals surface area contributed by atoms with Crippen LogP contribution in [-0.4, -0.2) is 66.8 Å². The van der Waals surface area contributed by atoms with Gasteiger partial charge in [0.25, 0.3) is 0 Å². The van der Waals surface area contributed by atoms with Gasteiger partial charge in [-0.25, -0.2) is 0 Å². The van der Waals surface area contributed by atoms with Crippen molar-refractivity contribution >= 4 is 5.91 Å². The third-order valence-corrected chi connectivity index (χ3v) is 4.06. The number of amides is 1. The maximum atomic E-state index is 12.3. The summed E-state index contributed by atoms with van der Waals surface area (Å²) in [6.07, 6.45) is -0.571. The van der Waals surface area contributed by atoms with E-state index in [0.717, 1.165) is 12.1 Å². The van der Waals surface area contributed by atoms with E-state index in [0.29, 0.717) is 39.4 Å². The Morgan fingerprint density at radius 1 is 1.32 bits per heavy atom. The highest BCUT2D eigenvalue weighted by atomic mass is 16.5. The van der Waals surface area contributed by atoms with Crippen LogP contribution in [0.3, 0.4) is 0 Å². The Hall–Kier alpha value is -1.43. The van der Waals surface area contributed by atoms with Gasteiger partial charge in [-0.05, 0) is 19.0 Å². The Morgan fingerprint density at radius 3 is 2.55 bits per heavy atom. The smallest absolute Gasteiger partial charge is 0.236 e. The molecular formula is C17H26N2O3. The van der Waals surface area contributed by atoms with E-state index in [1.54, 1.807) is 0 Å². The van der Waals surface area contributed by atoms with Gasteiger partial charge < -0.3 is 14.7 Å². The van der Waals surface area contributed by atoms with Crippen LogP contribution in [0.15, 0.2) is 24.3 Å². The minimum Gasteiger partial charge on any atom is -0.387 e. The summed E-state index contributed by atoms with van der Waals surface area (Å²) >= 11 is 0. The molecule has 1 aliphatic heterocycles. The minimum atomic E-state index is -0.571. The number of aryl methyl sites for hydroxylation is 1. The SMILES string of the molecule is CCN(CC(=O)N1CCOCC1)CC(O)c1ccc(C)cc1. The number of carbonyl (C=O) groups is 1. The molecule has 1 aliphatic rings. The number of aliphatic hydroxyl groups is 1. The molecule has 5 nitrogen and oxygen atoms in total. The topological polar surface area (TPSA) is 53.0 Å². The number of morpholine rings is 1. The molecule has 1 amide bonds. The van der Waals surface area contributed by atoms with Crippen LogP contribution < -0.4 is 0 Å². The Bertz CT molecular complexity index is 469. The first kappa shape index (κ1) is 16.9. The summed E-state index contributed by atoms with van der Waals surface area (Å²) in [5.74, 6) is 0.112. The van der Waals surface area contributed by atoms with Gasteiger partial charge in [0, 0.05) is 19.6 Å². The van der Waals surface area contributed by atoms with E-state index in [9.17, 15) is 9.90 Å². The van der Waals surface area contributed by atoms with Gasteiger partial charge in [0.1, 0.15) is 0 Å². The molecule has 1 unspecified atom stereocenters. The van der Waals surface area contributed by atoms with Crippen molar-refractivity contribution in [2.75, 3.05) is 45.9 Å². The quantitative estimate of drug-likeness (QED) is 0.858. The first-order valence-corrected chi connectivity index (χ1v) is 7.92. The molecule has 0 spiro atoms. The van der Waals surface area contributed by atoms with Crippen LogP contribution in [0.1, 0.15) is 24.2 Å². The maximum Gasteiger partial charge on any atom is 0.236 e. The Kier molecular flexibility index (Phi) is 6.36. The molecule has 1 atom stereocenters. The number of nitrogens with zero attached hydrogens (tertiary/aromatic N) is 2. The second-order valence-corrected chi connectivity index (χ2v) is 5.75. The zero-order valence-corrected chi connectivity index (χ0v) is 13.5. The second kappa shape index (κ2) is 8.27. The number of hydrogen-bond donors (Lipinski definition) is 1. The summed E-state index contributed by atoms with van der Waals surface area (Å²) in [6, 6.07) is 7.87. The van der Waals surface area contributed by atoms with Gasteiger partial charge in [-0.3, -0.25) is 9.69 Å². The van der Waals surface area contributed by atoms with E-state index in [1.165, 1.54) is 5.56 Å². The number of hydrogen-bond acceptors (Lipinski definition) is 4. The summed E-state index contributed by atoms with van der Waals surface area (Å²) in [4.78, 5) is 16.1. The second-order valence-electron chi connectivity index (χ2n) is 5.75. The molecule has 0 aliphatic carbocycles. The van der Waals surface area contributed by atoms with E-state index in [2.05, 4.69) is 0 Å². The highest BCUT2D eigenvalue weighted by Gasteiger charge is 2.20. The highest BCUT2D eigenvalue weighted by Crippen LogP contribution is 2.15. The first-order valence-electron chi connectivity index (χ1n) is 7.92. The van der Waals surface area contributed by atoms with Crippen molar-refractivity contribution < 1.29 is 14.6 Å². The lowest BCUT2D eigenvalue weighted by Crippen LogP contribution is -2.46. The van der Waals surface area contributed by atoms with Crippen molar-refractivity contribution in [1.29, 1.82) is 0 Å². The number of ether oxygens (including phenoxy) is 1. The van der Waals surface area contributed by atoms with E-state index >= 15 is 0 Å². The summed E-state index contributed by atoms with van der Waals surface area (Å²) in [5, 5.41) is 10.3. The molecule has 1 aromatic rings. The molecule has 1 heterocycles. The molecule has 0 aromatic heterocycles. The Labute approximate surface area is 132 Å². The van der Waals surface area contributed by atoms with Crippen molar-refractivity contribution in [2.24, 2.45) is 0 Å². The molecule has 1 aromatic carbocycles. The average Bonchev–Trinajstić information content (AvgIpc) is 2.55. The predicted octanol–water partition coefficient (Wildman–Crippen LogP) is 1.21. The standard InChI is InChI=1S/C17H26N2O3/c1-3-18(13-17(21)19-8-10-22-11-9-19)12-16(20)15-6-4-14(2)5-7-15/h4-7,16,20H,3,8-13H2,1-2H3. The molecule has 1 fully saturated rings. The van der Waals surface area contributed by atoms with Gasteiger partial charge in [-0.1, -0.05) is 36.8 Å². The summed E-state index contributed by atoms with van der Waals surface area (Å²) in [6.45, 7) is 8.14. The van der Waals surface area contributed by atoms with E-state index < -0.39 is 6.10 Å². The van der Waals surface area contributed by atoms with Gasteiger partial charge in [0.2, 0.25) is 5.91 Å². The fraction of sp³-hybridized carbons (Fsp3) is 0.588.